The Kier molecular flexibility index (Phi) is 5.92. The lowest BCUT2D eigenvalue weighted by molar-refractivity contribution is 0.174. The third-order valence-corrected chi connectivity index (χ3v) is 6.06. The van der Waals surface area contributed by atoms with Crippen LogP contribution in [0, 0.1) is 0 Å². The van der Waals surface area contributed by atoms with E-state index in [4.69, 9.17) is 14.5 Å². The van der Waals surface area contributed by atoms with Gasteiger partial charge in [-0.05, 0) is 43.5 Å². The first-order chi connectivity index (χ1) is 14.2. The van der Waals surface area contributed by atoms with E-state index in [-0.39, 0.29) is 5.41 Å². The fourth-order valence-corrected chi connectivity index (χ4v) is 4.33. The summed E-state index contributed by atoms with van der Waals surface area (Å²) in [6, 6.07) is 8.44. The molecule has 1 fully saturated rings. The fourth-order valence-electron chi connectivity index (χ4n) is 4.33. The molecule has 0 atom stereocenters. The third-order valence-electron chi connectivity index (χ3n) is 6.06. The normalized spacial score (nSPS) is 17.9. The summed E-state index contributed by atoms with van der Waals surface area (Å²) in [6.45, 7) is 4.69. The van der Waals surface area contributed by atoms with E-state index in [0.29, 0.717) is 13.3 Å². The Labute approximate surface area is 172 Å². The molecular weight excluding hydrogens is 366 g/mol. The average molecular weight is 398 g/mol. The van der Waals surface area contributed by atoms with Gasteiger partial charge in [-0.15, -0.1) is 0 Å². The molecule has 0 saturated heterocycles. The largest absolute Gasteiger partial charge is 0.454 e. The number of aryl methyl sites for hydroxylation is 1. The van der Waals surface area contributed by atoms with Gasteiger partial charge in [0.05, 0.1) is 12.2 Å². The highest BCUT2D eigenvalue weighted by molar-refractivity contribution is 5.79. The minimum Gasteiger partial charge on any atom is -0.454 e. The Morgan fingerprint density at radius 1 is 1.14 bits per heavy atom. The average Bonchev–Trinajstić information content (AvgIpc) is 3.39. The lowest BCUT2D eigenvalue weighted by atomic mass is 9.69. The van der Waals surface area contributed by atoms with E-state index in [1.807, 2.05) is 24.0 Å². The molecule has 1 saturated carbocycles. The molecule has 1 aliphatic carbocycles. The Morgan fingerprint density at radius 3 is 2.72 bits per heavy atom. The van der Waals surface area contributed by atoms with Crippen molar-refractivity contribution in [2.45, 2.75) is 51.0 Å². The maximum atomic E-state index is 5.64. The van der Waals surface area contributed by atoms with Crippen LogP contribution >= 0.6 is 0 Å². The SMILES string of the molecule is CCNC(=NCc1ccnn1C)NCC1(c2ccc3c(c2)OCO3)CCCCC1. The smallest absolute Gasteiger partial charge is 0.231 e. The number of nitrogens with zero attached hydrogens (tertiary/aromatic N) is 3. The van der Waals surface area contributed by atoms with Gasteiger partial charge >= 0.3 is 0 Å². The zero-order chi connectivity index (χ0) is 20.1. The molecular formula is C22H31N5O2. The third kappa shape index (κ3) is 4.33. The molecule has 1 aliphatic heterocycles. The molecule has 7 nitrogen and oxygen atoms in total. The van der Waals surface area contributed by atoms with Crippen LogP contribution in [-0.4, -0.2) is 35.6 Å². The van der Waals surface area contributed by atoms with Crippen LogP contribution in [0.5, 0.6) is 11.5 Å². The maximum absolute atomic E-state index is 5.64. The Balaban J connectivity index is 1.51. The molecule has 29 heavy (non-hydrogen) atoms. The van der Waals surface area contributed by atoms with Gasteiger partial charge in [-0.25, -0.2) is 4.99 Å². The van der Waals surface area contributed by atoms with Gasteiger partial charge in [0.1, 0.15) is 0 Å². The Hall–Kier alpha value is -2.70. The van der Waals surface area contributed by atoms with Crippen LogP contribution in [0.25, 0.3) is 0 Å². The first kappa shape index (κ1) is 19.6. The molecule has 2 aliphatic rings. The van der Waals surface area contributed by atoms with Crippen molar-refractivity contribution in [1.82, 2.24) is 20.4 Å². The van der Waals surface area contributed by atoms with E-state index in [9.17, 15) is 0 Å². The van der Waals surface area contributed by atoms with Crippen LogP contribution in [0.3, 0.4) is 0 Å². The van der Waals surface area contributed by atoms with Gasteiger partial charge < -0.3 is 20.1 Å². The zero-order valence-electron chi connectivity index (χ0n) is 17.4. The van der Waals surface area contributed by atoms with Crippen molar-refractivity contribution in [2.75, 3.05) is 19.9 Å². The minimum absolute atomic E-state index is 0.0853. The molecule has 2 N–H and O–H groups in total. The second-order valence-electron chi connectivity index (χ2n) is 7.90. The monoisotopic (exact) mass is 397 g/mol. The van der Waals surface area contributed by atoms with Crippen molar-refractivity contribution in [3.63, 3.8) is 0 Å². The summed E-state index contributed by atoms with van der Waals surface area (Å²) in [5.74, 6) is 2.56. The standard InChI is InChI=1S/C22H31N5O2/c1-3-23-21(24-14-18-9-12-26-27(18)2)25-15-22(10-5-4-6-11-22)17-7-8-19-20(13-17)29-16-28-19/h7-9,12-13H,3-6,10-11,14-16H2,1-2H3,(H2,23,24,25). The van der Waals surface area contributed by atoms with Crippen molar-refractivity contribution in [3.05, 3.63) is 41.7 Å². The summed E-state index contributed by atoms with van der Waals surface area (Å²) in [4.78, 5) is 4.77. The molecule has 1 aromatic carbocycles. The number of ether oxygens (including phenoxy) is 2. The van der Waals surface area contributed by atoms with Gasteiger partial charge in [-0.2, -0.15) is 5.10 Å². The molecule has 4 rings (SSSR count). The highest BCUT2D eigenvalue weighted by Gasteiger charge is 2.35. The predicted molar refractivity (Wildman–Crippen MR) is 113 cm³/mol. The number of aliphatic imine (C=N–C) groups is 1. The first-order valence-corrected chi connectivity index (χ1v) is 10.6. The minimum atomic E-state index is 0.0853. The van der Waals surface area contributed by atoms with Gasteiger partial charge in [0.15, 0.2) is 17.5 Å². The van der Waals surface area contributed by atoms with Crippen LogP contribution in [0.15, 0.2) is 35.5 Å². The lowest BCUT2D eigenvalue weighted by Gasteiger charge is -2.38. The molecule has 2 aromatic rings. The van der Waals surface area contributed by atoms with E-state index < -0.39 is 0 Å². The predicted octanol–water partition coefficient (Wildman–Crippen LogP) is 3.11. The number of fused-ring (bicyclic) bond motifs is 1. The molecule has 2 heterocycles. The second kappa shape index (κ2) is 8.76. The molecule has 0 radical (unpaired) electrons. The number of hydrogen-bond acceptors (Lipinski definition) is 4. The van der Waals surface area contributed by atoms with E-state index in [0.717, 1.165) is 36.2 Å². The van der Waals surface area contributed by atoms with Crippen molar-refractivity contribution >= 4 is 5.96 Å². The Bertz CT molecular complexity index is 855. The molecule has 0 amide bonds. The number of nitrogens with one attached hydrogen (secondary N) is 2. The number of rotatable bonds is 6. The van der Waals surface area contributed by atoms with E-state index in [1.165, 1.54) is 37.7 Å². The van der Waals surface area contributed by atoms with Crippen LogP contribution in [0.2, 0.25) is 0 Å². The highest BCUT2D eigenvalue weighted by Crippen LogP contribution is 2.43. The van der Waals surface area contributed by atoms with Crippen molar-refractivity contribution in [3.8, 4) is 11.5 Å². The van der Waals surface area contributed by atoms with Crippen molar-refractivity contribution in [2.24, 2.45) is 12.0 Å². The molecule has 0 unspecified atom stereocenters. The molecule has 0 bridgehead atoms. The summed E-state index contributed by atoms with van der Waals surface area (Å²) in [5.41, 5.74) is 2.50. The number of aromatic nitrogens is 2. The quantitative estimate of drug-likeness (QED) is 0.579. The molecule has 0 spiro atoms. The van der Waals surface area contributed by atoms with Crippen LogP contribution < -0.4 is 20.1 Å². The second-order valence-corrected chi connectivity index (χ2v) is 7.90. The van der Waals surface area contributed by atoms with E-state index in [2.05, 4.69) is 40.9 Å². The fraction of sp³-hybridized carbons (Fsp3) is 0.545. The van der Waals surface area contributed by atoms with Crippen LogP contribution in [0.4, 0.5) is 0 Å². The molecule has 1 aromatic heterocycles. The highest BCUT2D eigenvalue weighted by atomic mass is 16.7. The number of benzene rings is 1. The number of guanidine groups is 1. The van der Waals surface area contributed by atoms with Gasteiger partial charge in [0, 0.05) is 31.7 Å². The van der Waals surface area contributed by atoms with Gasteiger partial charge in [0.25, 0.3) is 0 Å². The molecule has 7 heteroatoms. The topological polar surface area (TPSA) is 72.7 Å². The van der Waals surface area contributed by atoms with Gasteiger partial charge in [0.2, 0.25) is 6.79 Å². The van der Waals surface area contributed by atoms with Crippen molar-refractivity contribution in [1.29, 1.82) is 0 Å². The lowest BCUT2D eigenvalue weighted by Crippen LogP contribution is -2.46. The van der Waals surface area contributed by atoms with Gasteiger partial charge in [-0.3, -0.25) is 4.68 Å². The summed E-state index contributed by atoms with van der Waals surface area (Å²) in [7, 11) is 1.95. The van der Waals surface area contributed by atoms with Gasteiger partial charge in [-0.1, -0.05) is 25.3 Å². The summed E-state index contributed by atoms with van der Waals surface area (Å²) in [5, 5.41) is 11.2. The van der Waals surface area contributed by atoms with E-state index >= 15 is 0 Å². The zero-order valence-corrected chi connectivity index (χ0v) is 17.4. The first-order valence-electron chi connectivity index (χ1n) is 10.6. The molecule has 156 valence electrons. The number of hydrogen-bond donors (Lipinski definition) is 2. The summed E-state index contributed by atoms with van der Waals surface area (Å²) in [6.07, 6.45) is 7.95. The Morgan fingerprint density at radius 2 is 1.97 bits per heavy atom. The van der Waals surface area contributed by atoms with E-state index in [1.54, 1.807) is 0 Å². The maximum Gasteiger partial charge on any atom is 0.231 e. The van der Waals surface area contributed by atoms with Crippen molar-refractivity contribution < 1.29 is 9.47 Å². The summed E-state index contributed by atoms with van der Waals surface area (Å²) < 4.78 is 13.0. The summed E-state index contributed by atoms with van der Waals surface area (Å²) >= 11 is 0. The van der Waals surface area contributed by atoms with Crippen LogP contribution in [0.1, 0.15) is 50.3 Å². The van der Waals surface area contributed by atoms with Crippen LogP contribution in [-0.2, 0) is 19.0 Å².